The average Bonchev–Trinajstić information content (AvgIpc) is 3.39. The van der Waals surface area contributed by atoms with Crippen molar-refractivity contribution in [2.24, 2.45) is 11.8 Å². The third-order valence-electron chi connectivity index (χ3n) is 8.32. The molecule has 0 bridgehead atoms. The molecule has 1 unspecified atom stereocenters. The summed E-state index contributed by atoms with van der Waals surface area (Å²) in [5.41, 5.74) is 3.67. The van der Waals surface area contributed by atoms with Gasteiger partial charge in [-0.2, -0.15) is 5.10 Å². The van der Waals surface area contributed by atoms with Crippen LogP contribution in [0.5, 0.6) is 0 Å². The van der Waals surface area contributed by atoms with E-state index in [9.17, 15) is 14.4 Å². The number of rotatable bonds is 8. The van der Waals surface area contributed by atoms with Gasteiger partial charge >= 0.3 is 0 Å². The van der Waals surface area contributed by atoms with Crippen LogP contribution in [0.2, 0.25) is 0 Å². The first-order valence-electron chi connectivity index (χ1n) is 14.1. The Labute approximate surface area is 248 Å². The molecule has 0 radical (unpaired) electrons. The van der Waals surface area contributed by atoms with Crippen LogP contribution in [0.15, 0.2) is 24.5 Å². The topological polar surface area (TPSA) is 110 Å². The summed E-state index contributed by atoms with van der Waals surface area (Å²) in [6, 6.07) is 3.49. The molecular weight excluding hydrogens is 619 g/mol. The quantitative estimate of drug-likeness (QED) is 0.158. The van der Waals surface area contributed by atoms with Crippen LogP contribution in [0.4, 0.5) is 0 Å². The molecule has 3 aromatic rings. The lowest BCUT2D eigenvalue weighted by molar-refractivity contribution is -0.139. The normalized spacial score (nSPS) is 21.9. The largest absolute Gasteiger partial charge is 0.352 e. The number of alkyl halides is 1. The van der Waals surface area contributed by atoms with E-state index in [2.05, 4.69) is 56.8 Å². The van der Waals surface area contributed by atoms with E-state index in [1.165, 1.54) is 26.2 Å². The van der Waals surface area contributed by atoms with Gasteiger partial charge in [0.2, 0.25) is 11.8 Å². The molecule has 0 spiro atoms. The minimum atomic E-state index is -0.517. The van der Waals surface area contributed by atoms with Crippen molar-refractivity contribution in [2.75, 3.05) is 0 Å². The third-order valence-corrected chi connectivity index (χ3v) is 10.2. The molecule has 1 aliphatic carbocycles. The molecule has 2 aliphatic rings. The fourth-order valence-electron chi connectivity index (χ4n) is 6.02. The molecule has 3 heterocycles. The summed E-state index contributed by atoms with van der Waals surface area (Å²) in [4.78, 5) is 50.1. The minimum absolute atomic E-state index is 0.0504. The molecule has 2 aromatic heterocycles. The molecule has 10 heteroatoms. The maximum absolute atomic E-state index is 13.8. The highest BCUT2D eigenvalue weighted by atomic mass is 127. The summed E-state index contributed by atoms with van der Waals surface area (Å²) in [6.07, 6.45) is 8.88. The lowest BCUT2D eigenvalue weighted by atomic mass is 9.81. The van der Waals surface area contributed by atoms with E-state index in [-0.39, 0.29) is 40.2 Å². The van der Waals surface area contributed by atoms with Crippen molar-refractivity contribution in [3.05, 3.63) is 41.6 Å². The molecule has 4 atom stereocenters. The number of benzene rings is 1. The van der Waals surface area contributed by atoms with Crippen LogP contribution in [-0.2, 0) is 16.1 Å². The Bertz CT molecular complexity index is 1450. The molecule has 1 aromatic carbocycles. The minimum Gasteiger partial charge on any atom is -0.352 e. The number of hydrogen-bond donors (Lipinski definition) is 1. The summed E-state index contributed by atoms with van der Waals surface area (Å²) in [5, 5.41) is 8.48. The fraction of sp³-hybridized carbons (Fsp3) is 0.533. The summed E-state index contributed by atoms with van der Waals surface area (Å²) in [6.45, 7) is 9.36. The number of nitrogens with one attached hydrogen (secondary N) is 1. The van der Waals surface area contributed by atoms with Gasteiger partial charge in [-0.05, 0) is 68.7 Å². The number of halogens is 1. The van der Waals surface area contributed by atoms with Crippen LogP contribution < -0.4 is 5.32 Å². The highest BCUT2D eigenvalue weighted by Gasteiger charge is 2.44. The predicted molar refractivity (Wildman–Crippen MR) is 162 cm³/mol. The smallest absolute Gasteiger partial charge is 0.245 e. The van der Waals surface area contributed by atoms with Crippen molar-refractivity contribution in [3.8, 4) is 11.1 Å². The number of amides is 2. The molecule has 1 N–H and O–H groups in total. The van der Waals surface area contributed by atoms with Crippen molar-refractivity contribution in [1.82, 2.24) is 30.0 Å². The monoisotopic (exact) mass is 656 g/mol. The molecule has 2 fully saturated rings. The number of aromatic nitrogens is 4. The van der Waals surface area contributed by atoms with Crippen LogP contribution in [0.25, 0.3) is 22.0 Å². The third kappa shape index (κ3) is 5.64. The zero-order valence-corrected chi connectivity index (χ0v) is 25.9. The van der Waals surface area contributed by atoms with Gasteiger partial charge in [0.15, 0.2) is 5.78 Å². The number of aryl methyl sites for hydroxylation is 2. The fourth-order valence-corrected chi connectivity index (χ4v) is 7.01. The van der Waals surface area contributed by atoms with E-state index < -0.39 is 6.04 Å². The molecule has 1 saturated heterocycles. The molecule has 1 aliphatic heterocycles. The van der Waals surface area contributed by atoms with Gasteiger partial charge in [0, 0.05) is 36.3 Å². The molecule has 212 valence electrons. The van der Waals surface area contributed by atoms with E-state index >= 15 is 0 Å². The van der Waals surface area contributed by atoms with Gasteiger partial charge in [-0.25, -0.2) is 9.97 Å². The Morgan fingerprint density at radius 2 is 1.82 bits per heavy atom. The van der Waals surface area contributed by atoms with Crippen molar-refractivity contribution < 1.29 is 14.4 Å². The van der Waals surface area contributed by atoms with Gasteiger partial charge < -0.3 is 10.2 Å². The number of hydrogen-bond acceptors (Lipinski definition) is 6. The SMILES string of the molecule is CC(=O)c1nn(CC(=O)N2[C@H](I)[C@@H](C)C[C@H]2C(=O)NC(C)CC2CCC2)c2c(C)cc(-c3cnc(C)nc3)cc12. The summed E-state index contributed by atoms with van der Waals surface area (Å²) in [7, 11) is 0. The number of carbonyl (C=O) groups is 3. The molecule has 1 saturated carbocycles. The van der Waals surface area contributed by atoms with E-state index in [1.807, 2.05) is 26.0 Å². The van der Waals surface area contributed by atoms with Crippen molar-refractivity contribution in [2.45, 2.75) is 89.4 Å². The second kappa shape index (κ2) is 11.5. The number of Topliss-reactive ketones (excluding diaryl/α,β-unsaturated/α-hetero) is 1. The summed E-state index contributed by atoms with van der Waals surface area (Å²) >= 11 is 2.28. The Morgan fingerprint density at radius 1 is 1.12 bits per heavy atom. The van der Waals surface area contributed by atoms with Crippen LogP contribution >= 0.6 is 22.6 Å². The lowest BCUT2D eigenvalue weighted by Gasteiger charge is -2.31. The van der Waals surface area contributed by atoms with E-state index in [0.717, 1.165) is 28.6 Å². The number of carbonyl (C=O) groups excluding carboxylic acids is 3. The highest BCUT2D eigenvalue weighted by molar-refractivity contribution is 14.1. The van der Waals surface area contributed by atoms with Gasteiger partial charge in [-0.1, -0.05) is 48.8 Å². The van der Waals surface area contributed by atoms with Gasteiger partial charge in [0.1, 0.15) is 24.1 Å². The Morgan fingerprint density at radius 3 is 2.45 bits per heavy atom. The Kier molecular flexibility index (Phi) is 8.26. The van der Waals surface area contributed by atoms with Crippen LogP contribution in [0, 0.1) is 25.7 Å². The zero-order valence-electron chi connectivity index (χ0n) is 23.8. The first-order chi connectivity index (χ1) is 19.0. The number of ketones is 1. The Hall–Kier alpha value is -2.89. The van der Waals surface area contributed by atoms with Gasteiger partial charge in [-0.3, -0.25) is 19.1 Å². The second-order valence-corrected chi connectivity index (χ2v) is 12.9. The van der Waals surface area contributed by atoms with Crippen LogP contribution in [-0.4, -0.2) is 58.4 Å². The second-order valence-electron chi connectivity index (χ2n) is 11.6. The predicted octanol–water partition coefficient (Wildman–Crippen LogP) is 5.01. The molecule has 5 rings (SSSR count). The van der Waals surface area contributed by atoms with Gasteiger partial charge in [0.25, 0.3) is 0 Å². The van der Waals surface area contributed by atoms with Crippen molar-refractivity contribution >= 4 is 51.1 Å². The van der Waals surface area contributed by atoms with E-state index in [1.54, 1.807) is 22.0 Å². The maximum Gasteiger partial charge on any atom is 0.245 e. The van der Waals surface area contributed by atoms with Crippen molar-refractivity contribution in [3.63, 3.8) is 0 Å². The molecule has 40 heavy (non-hydrogen) atoms. The lowest BCUT2D eigenvalue weighted by Crippen LogP contribution is -2.50. The van der Waals surface area contributed by atoms with E-state index in [0.29, 0.717) is 29.2 Å². The summed E-state index contributed by atoms with van der Waals surface area (Å²) in [5.74, 6) is 1.13. The standard InChI is InChI=1S/C30H37IN6O3/c1-16-9-22(23-13-32-20(5)33-14-23)12-24-27(19(4)38)35-36(28(16)24)15-26(39)37-25(10-17(2)29(37)31)30(40)34-18(3)11-21-7-6-8-21/h9,12-14,17-18,21,25,29H,6-8,10-11,15H2,1-5H3,(H,34,40)/t17-,18?,25-,29-/m0/s1. The number of likely N-dealkylation sites (tertiary alicyclic amines) is 1. The number of nitrogens with zero attached hydrogens (tertiary/aromatic N) is 5. The van der Waals surface area contributed by atoms with Crippen LogP contribution in [0.3, 0.4) is 0 Å². The van der Waals surface area contributed by atoms with Gasteiger partial charge in [-0.15, -0.1) is 0 Å². The molecule has 9 nitrogen and oxygen atoms in total. The first-order valence-corrected chi connectivity index (χ1v) is 15.3. The van der Waals surface area contributed by atoms with Crippen molar-refractivity contribution in [1.29, 1.82) is 0 Å². The summed E-state index contributed by atoms with van der Waals surface area (Å²) < 4.78 is 1.52. The maximum atomic E-state index is 13.8. The molecule has 2 amide bonds. The molecular formula is C30H37IN6O3. The zero-order chi connectivity index (χ0) is 28.7. The highest BCUT2D eigenvalue weighted by Crippen LogP contribution is 2.36. The van der Waals surface area contributed by atoms with E-state index in [4.69, 9.17) is 0 Å². The van der Waals surface area contributed by atoms with Crippen LogP contribution in [0.1, 0.15) is 74.8 Å². The first kappa shape index (κ1) is 28.6. The van der Waals surface area contributed by atoms with Gasteiger partial charge in [0.05, 0.1) is 9.57 Å². The Balaban J connectivity index is 1.42. The number of fused-ring (bicyclic) bond motifs is 1. The average molecular weight is 657 g/mol.